The lowest BCUT2D eigenvalue weighted by Gasteiger charge is -2.13. The second kappa shape index (κ2) is 5.95. The molecule has 3 aromatic rings. The fraction of sp³-hybridized carbons (Fsp3) is 0.0667. The molecule has 0 saturated heterocycles. The number of aromatic nitrogens is 3. The van der Waals surface area contributed by atoms with E-state index in [-0.39, 0.29) is 38.2 Å². The molecule has 1 aromatic carbocycles. The fourth-order valence-corrected chi connectivity index (χ4v) is 2.92. The van der Waals surface area contributed by atoms with Crippen LogP contribution in [0.15, 0.2) is 24.4 Å². The predicted octanol–water partition coefficient (Wildman–Crippen LogP) is 4.21. The lowest BCUT2D eigenvalue weighted by molar-refractivity contribution is 0.397. The summed E-state index contributed by atoms with van der Waals surface area (Å²) in [5.41, 5.74) is 0.899. The van der Waals surface area contributed by atoms with Gasteiger partial charge in [-0.1, -0.05) is 34.8 Å². The first-order valence-electron chi connectivity index (χ1n) is 6.59. The third-order valence-corrected chi connectivity index (χ3v) is 4.74. The van der Waals surface area contributed by atoms with Gasteiger partial charge in [-0.25, -0.2) is 9.25 Å². The number of nitriles is 1. The molecule has 9 heteroatoms. The molecular formula is C15H9Cl3N4O2. The normalized spacial score (nSPS) is 10.8. The monoisotopic (exact) mass is 382 g/mol. The molecule has 2 aromatic heterocycles. The van der Waals surface area contributed by atoms with E-state index in [0.717, 1.165) is 4.57 Å². The zero-order valence-electron chi connectivity index (χ0n) is 12.1. The standard InChI is InChI=1S/C15H9Cl3N4O2/c1-7-4-11(23)21(15(7)24)14-8(5-19)6-20-22(14)10-3-2-9(16)12(17)13(10)18/h2-4,6,23-24H,1H3. The Kier molecular flexibility index (Phi) is 4.10. The minimum Gasteiger partial charge on any atom is -0.494 e. The molecule has 2 heterocycles. The summed E-state index contributed by atoms with van der Waals surface area (Å²) >= 11 is 18.2. The van der Waals surface area contributed by atoms with E-state index in [2.05, 4.69) is 5.10 Å². The Balaban J connectivity index is 2.36. The van der Waals surface area contributed by atoms with Gasteiger partial charge in [-0.05, 0) is 19.1 Å². The van der Waals surface area contributed by atoms with E-state index in [4.69, 9.17) is 34.8 Å². The lowest BCUT2D eigenvalue weighted by atomic mass is 10.3. The number of aryl methyl sites for hydroxylation is 1. The molecular weight excluding hydrogens is 375 g/mol. The van der Waals surface area contributed by atoms with Crippen molar-refractivity contribution in [1.82, 2.24) is 14.3 Å². The number of hydrogen-bond donors (Lipinski definition) is 2. The molecule has 0 spiro atoms. The number of aromatic hydroxyl groups is 2. The van der Waals surface area contributed by atoms with Gasteiger partial charge in [0.15, 0.2) is 11.7 Å². The molecule has 3 rings (SSSR count). The summed E-state index contributed by atoms with van der Waals surface area (Å²) in [6, 6.07) is 6.43. The summed E-state index contributed by atoms with van der Waals surface area (Å²) in [5, 5.41) is 34.3. The minimum absolute atomic E-state index is 0.123. The molecule has 0 aliphatic rings. The van der Waals surface area contributed by atoms with Crippen LogP contribution in [0.1, 0.15) is 11.1 Å². The van der Waals surface area contributed by atoms with E-state index in [1.807, 2.05) is 6.07 Å². The average molecular weight is 384 g/mol. The van der Waals surface area contributed by atoms with E-state index < -0.39 is 0 Å². The summed E-state index contributed by atoms with van der Waals surface area (Å²) in [5.74, 6) is -0.345. The van der Waals surface area contributed by atoms with Crippen LogP contribution in [0.25, 0.3) is 11.5 Å². The van der Waals surface area contributed by atoms with Gasteiger partial charge in [0.2, 0.25) is 5.88 Å². The summed E-state index contributed by atoms with van der Waals surface area (Å²) in [6.07, 6.45) is 1.29. The highest BCUT2D eigenvalue weighted by Crippen LogP contribution is 2.38. The molecule has 0 bridgehead atoms. The second-order valence-corrected chi connectivity index (χ2v) is 6.11. The Labute approximate surface area is 151 Å². The Morgan fingerprint density at radius 2 is 1.88 bits per heavy atom. The first kappa shape index (κ1) is 16.5. The van der Waals surface area contributed by atoms with Gasteiger partial charge < -0.3 is 10.2 Å². The summed E-state index contributed by atoms with van der Waals surface area (Å²) in [6.45, 7) is 1.62. The van der Waals surface area contributed by atoms with Crippen LogP contribution in [0.4, 0.5) is 0 Å². The molecule has 0 aliphatic heterocycles. The summed E-state index contributed by atoms with van der Waals surface area (Å²) in [4.78, 5) is 0. The molecule has 6 nitrogen and oxygen atoms in total. The highest BCUT2D eigenvalue weighted by atomic mass is 35.5. The maximum atomic E-state index is 10.2. The van der Waals surface area contributed by atoms with Gasteiger partial charge >= 0.3 is 0 Å². The molecule has 122 valence electrons. The molecule has 0 saturated carbocycles. The first-order valence-corrected chi connectivity index (χ1v) is 7.72. The molecule has 24 heavy (non-hydrogen) atoms. The second-order valence-electron chi connectivity index (χ2n) is 4.94. The van der Waals surface area contributed by atoms with Gasteiger partial charge in [-0.15, -0.1) is 0 Å². The van der Waals surface area contributed by atoms with Crippen molar-refractivity contribution in [2.45, 2.75) is 6.92 Å². The van der Waals surface area contributed by atoms with Crippen molar-refractivity contribution in [3.8, 4) is 29.3 Å². The fourth-order valence-electron chi connectivity index (χ4n) is 2.31. The van der Waals surface area contributed by atoms with Gasteiger partial charge in [-0.3, -0.25) is 0 Å². The van der Waals surface area contributed by atoms with Gasteiger partial charge in [0, 0.05) is 11.6 Å². The smallest absolute Gasteiger partial charge is 0.202 e. The molecule has 0 fully saturated rings. The number of rotatable bonds is 2. The Hall–Kier alpha value is -2.33. The number of halogens is 3. The van der Waals surface area contributed by atoms with Crippen molar-refractivity contribution in [3.63, 3.8) is 0 Å². The quantitative estimate of drug-likeness (QED) is 0.649. The maximum absolute atomic E-state index is 10.2. The Morgan fingerprint density at radius 3 is 2.46 bits per heavy atom. The largest absolute Gasteiger partial charge is 0.494 e. The van der Waals surface area contributed by atoms with Gasteiger partial charge in [0.1, 0.15) is 11.6 Å². The summed E-state index contributed by atoms with van der Waals surface area (Å²) < 4.78 is 2.39. The number of hydrogen-bond acceptors (Lipinski definition) is 4. The maximum Gasteiger partial charge on any atom is 0.202 e. The highest BCUT2D eigenvalue weighted by Gasteiger charge is 2.23. The van der Waals surface area contributed by atoms with Crippen LogP contribution in [0, 0.1) is 18.3 Å². The van der Waals surface area contributed by atoms with Crippen molar-refractivity contribution >= 4 is 34.8 Å². The average Bonchev–Trinajstić information content (AvgIpc) is 3.06. The van der Waals surface area contributed by atoms with E-state index in [0.29, 0.717) is 11.3 Å². The SMILES string of the molecule is Cc1cc(O)n(-c2c(C#N)cnn2-c2ccc(Cl)c(Cl)c2Cl)c1O. The van der Waals surface area contributed by atoms with Crippen molar-refractivity contribution < 1.29 is 10.2 Å². The van der Waals surface area contributed by atoms with Crippen LogP contribution >= 0.6 is 34.8 Å². The number of benzene rings is 1. The van der Waals surface area contributed by atoms with Crippen molar-refractivity contribution in [2.24, 2.45) is 0 Å². The Morgan fingerprint density at radius 1 is 1.17 bits per heavy atom. The van der Waals surface area contributed by atoms with E-state index >= 15 is 0 Å². The van der Waals surface area contributed by atoms with E-state index in [1.165, 1.54) is 23.0 Å². The highest BCUT2D eigenvalue weighted by molar-refractivity contribution is 6.48. The van der Waals surface area contributed by atoms with Gasteiger partial charge in [-0.2, -0.15) is 10.4 Å². The zero-order chi connectivity index (χ0) is 17.6. The van der Waals surface area contributed by atoms with E-state index in [1.54, 1.807) is 13.0 Å². The number of nitrogens with zero attached hydrogens (tertiary/aromatic N) is 4. The van der Waals surface area contributed by atoms with Gasteiger partial charge in [0.25, 0.3) is 0 Å². The van der Waals surface area contributed by atoms with Crippen molar-refractivity contribution in [1.29, 1.82) is 5.26 Å². The zero-order valence-corrected chi connectivity index (χ0v) is 14.4. The Bertz CT molecular complexity index is 1000. The van der Waals surface area contributed by atoms with Gasteiger partial charge in [0.05, 0.1) is 27.0 Å². The molecule has 0 radical (unpaired) electrons. The molecule has 2 N–H and O–H groups in total. The van der Waals surface area contributed by atoms with Crippen LogP contribution in [0.3, 0.4) is 0 Å². The molecule has 0 aliphatic carbocycles. The van der Waals surface area contributed by atoms with Crippen LogP contribution < -0.4 is 0 Å². The molecule has 0 amide bonds. The van der Waals surface area contributed by atoms with Crippen LogP contribution in [0.2, 0.25) is 15.1 Å². The third kappa shape index (κ3) is 2.38. The lowest BCUT2D eigenvalue weighted by Crippen LogP contribution is -2.07. The molecule has 0 unspecified atom stereocenters. The van der Waals surface area contributed by atoms with Crippen molar-refractivity contribution in [3.05, 3.63) is 50.6 Å². The minimum atomic E-state index is -0.251. The summed E-state index contributed by atoms with van der Waals surface area (Å²) in [7, 11) is 0. The van der Waals surface area contributed by atoms with Crippen LogP contribution in [-0.2, 0) is 0 Å². The topological polar surface area (TPSA) is 87.0 Å². The van der Waals surface area contributed by atoms with Crippen LogP contribution in [0.5, 0.6) is 11.8 Å². The first-order chi connectivity index (χ1) is 11.4. The molecule has 0 atom stereocenters. The van der Waals surface area contributed by atoms with Crippen LogP contribution in [-0.4, -0.2) is 24.6 Å². The predicted molar refractivity (Wildman–Crippen MR) is 90.7 cm³/mol. The van der Waals surface area contributed by atoms with Crippen molar-refractivity contribution in [2.75, 3.05) is 0 Å². The van der Waals surface area contributed by atoms with E-state index in [9.17, 15) is 15.5 Å². The third-order valence-electron chi connectivity index (χ3n) is 3.46.